The van der Waals surface area contributed by atoms with Gasteiger partial charge in [-0.05, 0) is 122 Å². The number of aromatic nitrogens is 2. The molecule has 2 heteroatoms. The fourth-order valence-electron chi connectivity index (χ4n) is 10.5. The van der Waals surface area contributed by atoms with Crippen molar-refractivity contribution in [1.82, 2.24) is 9.13 Å². The number of hydrogen-bond donors (Lipinski definition) is 0. The minimum absolute atomic E-state index is 1.14. The topological polar surface area (TPSA) is 9.86 Å². The molecule has 0 atom stereocenters. The molecule has 0 unspecified atom stereocenters. The first-order valence-electron chi connectivity index (χ1n) is 23.4. The van der Waals surface area contributed by atoms with Gasteiger partial charge in [-0.1, -0.05) is 206 Å². The average molecular weight is 865 g/mol. The summed E-state index contributed by atoms with van der Waals surface area (Å²) in [5.74, 6) is 0. The summed E-state index contributed by atoms with van der Waals surface area (Å²) in [5.41, 5.74) is 21.3. The van der Waals surface area contributed by atoms with Gasteiger partial charge in [-0.25, -0.2) is 0 Å². The van der Waals surface area contributed by atoms with Crippen molar-refractivity contribution in [2.24, 2.45) is 0 Å². The summed E-state index contributed by atoms with van der Waals surface area (Å²) in [5, 5.41) is 4.92. The second-order valence-electron chi connectivity index (χ2n) is 17.7. The summed E-state index contributed by atoms with van der Waals surface area (Å²) in [6.07, 6.45) is 0. The number of hydrogen-bond acceptors (Lipinski definition) is 0. The van der Waals surface area contributed by atoms with Crippen molar-refractivity contribution in [2.75, 3.05) is 0 Å². The molecule has 318 valence electrons. The van der Waals surface area contributed by atoms with Gasteiger partial charge in [0, 0.05) is 32.8 Å². The van der Waals surface area contributed by atoms with Gasteiger partial charge in [0.25, 0.3) is 0 Å². The van der Waals surface area contributed by atoms with Gasteiger partial charge in [0.05, 0.1) is 27.8 Å². The van der Waals surface area contributed by atoms with Crippen LogP contribution in [-0.4, -0.2) is 9.13 Å². The highest BCUT2D eigenvalue weighted by atomic mass is 15.0. The normalized spacial score (nSPS) is 11.5. The van der Waals surface area contributed by atoms with E-state index in [4.69, 9.17) is 0 Å². The highest BCUT2D eigenvalue weighted by Gasteiger charge is 2.20. The van der Waals surface area contributed by atoms with Crippen LogP contribution in [0.25, 0.3) is 122 Å². The quantitative estimate of drug-likeness (QED) is 0.144. The third kappa shape index (κ3) is 6.73. The molecule has 0 saturated carbocycles. The minimum Gasteiger partial charge on any atom is -0.309 e. The van der Waals surface area contributed by atoms with Crippen molar-refractivity contribution in [2.45, 2.75) is 0 Å². The van der Waals surface area contributed by atoms with E-state index in [1.165, 1.54) is 110 Å². The van der Waals surface area contributed by atoms with Crippen molar-refractivity contribution in [3.63, 3.8) is 0 Å². The van der Waals surface area contributed by atoms with Gasteiger partial charge in [0.15, 0.2) is 0 Å². The third-order valence-electron chi connectivity index (χ3n) is 13.7. The Balaban J connectivity index is 0.999. The largest absolute Gasteiger partial charge is 0.309 e. The van der Waals surface area contributed by atoms with Crippen molar-refractivity contribution in [1.29, 1.82) is 0 Å². The van der Waals surface area contributed by atoms with Crippen LogP contribution in [0.5, 0.6) is 0 Å². The second kappa shape index (κ2) is 16.5. The molecule has 2 heterocycles. The van der Waals surface area contributed by atoms with Crippen LogP contribution in [0.2, 0.25) is 0 Å². The Bertz CT molecular complexity index is 3990. The Labute approximate surface area is 395 Å². The molecular weight excluding hydrogens is 821 g/mol. The zero-order chi connectivity index (χ0) is 45.0. The standard InChI is InChI=1S/C66H44N2/c1-5-18-45(19-6-1)49-26-15-27-50(40-49)54-34-37-56(47-22-9-3-10-23-47)65(44-54)68-61-32-14-13-30-58(61)59-42-52(35-38-62(59)68)53-36-39-63-60(43-53)66-57(48-24-11-4-12-25-48)31-17-33-64(66)67(63)55-29-16-28-51(41-55)46-20-7-2-8-21-46/h1-44H. The fourth-order valence-corrected chi connectivity index (χ4v) is 10.5. The van der Waals surface area contributed by atoms with Crippen LogP contribution in [0, 0.1) is 0 Å². The molecule has 13 aromatic rings. The smallest absolute Gasteiger partial charge is 0.0547 e. The van der Waals surface area contributed by atoms with E-state index in [0.29, 0.717) is 0 Å². The average Bonchev–Trinajstić information content (AvgIpc) is 3.94. The van der Waals surface area contributed by atoms with Gasteiger partial charge < -0.3 is 9.13 Å². The Hall–Kier alpha value is -8.98. The zero-order valence-electron chi connectivity index (χ0n) is 37.3. The lowest BCUT2D eigenvalue weighted by atomic mass is 9.95. The van der Waals surface area contributed by atoms with Gasteiger partial charge in [-0.15, -0.1) is 0 Å². The molecule has 0 saturated heterocycles. The molecule has 2 nitrogen and oxygen atoms in total. The molecule has 13 rings (SSSR count). The summed E-state index contributed by atoms with van der Waals surface area (Å²) in [6.45, 7) is 0. The van der Waals surface area contributed by atoms with E-state index in [1.54, 1.807) is 0 Å². The van der Waals surface area contributed by atoms with Crippen LogP contribution in [0.4, 0.5) is 0 Å². The Morgan fingerprint density at radius 1 is 0.206 bits per heavy atom. The van der Waals surface area contributed by atoms with E-state index in [2.05, 4.69) is 276 Å². The first kappa shape index (κ1) is 39.4. The lowest BCUT2D eigenvalue weighted by molar-refractivity contribution is 1.18. The molecule has 2 aromatic heterocycles. The van der Waals surface area contributed by atoms with Crippen molar-refractivity contribution in [3.8, 4) is 78.1 Å². The van der Waals surface area contributed by atoms with Crippen molar-refractivity contribution in [3.05, 3.63) is 267 Å². The van der Waals surface area contributed by atoms with Crippen LogP contribution < -0.4 is 0 Å². The molecule has 11 aromatic carbocycles. The Morgan fingerprint density at radius 2 is 0.647 bits per heavy atom. The number of nitrogens with zero attached hydrogens (tertiary/aromatic N) is 2. The van der Waals surface area contributed by atoms with E-state index in [0.717, 1.165) is 11.4 Å². The molecule has 0 aliphatic rings. The van der Waals surface area contributed by atoms with Gasteiger partial charge in [0.1, 0.15) is 0 Å². The van der Waals surface area contributed by atoms with Crippen LogP contribution in [-0.2, 0) is 0 Å². The summed E-state index contributed by atoms with van der Waals surface area (Å²) in [7, 11) is 0. The number of para-hydroxylation sites is 1. The van der Waals surface area contributed by atoms with E-state index >= 15 is 0 Å². The van der Waals surface area contributed by atoms with E-state index < -0.39 is 0 Å². The molecule has 0 aliphatic carbocycles. The van der Waals surface area contributed by atoms with Crippen LogP contribution in [0.1, 0.15) is 0 Å². The van der Waals surface area contributed by atoms with Crippen molar-refractivity contribution < 1.29 is 0 Å². The molecular formula is C66H44N2. The molecule has 0 fully saturated rings. The lowest BCUT2D eigenvalue weighted by Gasteiger charge is -2.17. The third-order valence-corrected chi connectivity index (χ3v) is 13.7. The summed E-state index contributed by atoms with van der Waals surface area (Å²) in [6, 6.07) is 97.5. The SMILES string of the molecule is c1ccc(-c2cccc(-c3ccc(-c4ccccc4)c(-n4c5ccccc5c5cc(-c6ccc7c(c6)c6c(-c8ccccc8)cccc6n7-c6cccc(-c7ccccc7)c6)ccc54)c3)c2)cc1. The first-order valence-corrected chi connectivity index (χ1v) is 23.4. The van der Waals surface area contributed by atoms with E-state index in [1.807, 2.05) is 0 Å². The lowest BCUT2D eigenvalue weighted by Crippen LogP contribution is -1.98. The molecule has 0 radical (unpaired) electrons. The first-order chi connectivity index (χ1) is 33.7. The van der Waals surface area contributed by atoms with Crippen molar-refractivity contribution >= 4 is 43.6 Å². The van der Waals surface area contributed by atoms with Crippen LogP contribution in [0.3, 0.4) is 0 Å². The fraction of sp³-hybridized carbons (Fsp3) is 0. The Kier molecular flexibility index (Phi) is 9.54. The molecule has 68 heavy (non-hydrogen) atoms. The highest BCUT2D eigenvalue weighted by molar-refractivity contribution is 6.17. The van der Waals surface area contributed by atoms with Crippen LogP contribution >= 0.6 is 0 Å². The molecule has 0 spiro atoms. The maximum absolute atomic E-state index is 2.48. The van der Waals surface area contributed by atoms with E-state index in [9.17, 15) is 0 Å². The molecule has 0 bridgehead atoms. The molecule has 0 N–H and O–H groups in total. The summed E-state index contributed by atoms with van der Waals surface area (Å²) >= 11 is 0. The maximum Gasteiger partial charge on any atom is 0.0547 e. The maximum atomic E-state index is 2.48. The van der Waals surface area contributed by atoms with Gasteiger partial charge >= 0.3 is 0 Å². The molecule has 0 aliphatic heterocycles. The summed E-state index contributed by atoms with van der Waals surface area (Å²) in [4.78, 5) is 0. The van der Waals surface area contributed by atoms with Gasteiger partial charge in [-0.3, -0.25) is 0 Å². The van der Waals surface area contributed by atoms with Gasteiger partial charge in [-0.2, -0.15) is 0 Å². The number of benzene rings is 11. The summed E-state index contributed by atoms with van der Waals surface area (Å²) < 4.78 is 4.92. The Morgan fingerprint density at radius 3 is 1.32 bits per heavy atom. The van der Waals surface area contributed by atoms with Crippen LogP contribution in [0.15, 0.2) is 267 Å². The number of fused-ring (bicyclic) bond motifs is 6. The highest BCUT2D eigenvalue weighted by Crippen LogP contribution is 2.43. The monoisotopic (exact) mass is 864 g/mol. The van der Waals surface area contributed by atoms with Gasteiger partial charge in [0.2, 0.25) is 0 Å². The molecule has 0 amide bonds. The van der Waals surface area contributed by atoms with E-state index in [-0.39, 0.29) is 0 Å². The number of rotatable bonds is 8. The zero-order valence-corrected chi connectivity index (χ0v) is 37.3. The predicted molar refractivity (Wildman–Crippen MR) is 288 cm³/mol. The second-order valence-corrected chi connectivity index (χ2v) is 17.7. The minimum atomic E-state index is 1.14. The predicted octanol–water partition coefficient (Wildman–Crippen LogP) is 17.9.